The van der Waals surface area contributed by atoms with Crippen LogP contribution in [0.3, 0.4) is 0 Å². The van der Waals surface area contributed by atoms with Crippen molar-refractivity contribution in [2.24, 2.45) is 5.84 Å². The third-order valence-corrected chi connectivity index (χ3v) is 3.19. The van der Waals surface area contributed by atoms with E-state index in [2.05, 4.69) is 39.3 Å². The van der Waals surface area contributed by atoms with E-state index in [0.717, 1.165) is 24.7 Å². The van der Waals surface area contributed by atoms with E-state index in [0.29, 0.717) is 11.9 Å². The number of nitrogens with one attached hydrogen (secondary N) is 1. The molecule has 0 saturated carbocycles. The van der Waals surface area contributed by atoms with Crippen LogP contribution < -0.4 is 16.2 Å². The molecule has 6 heteroatoms. The average Bonchev–Trinajstić information content (AvgIpc) is 2.77. The lowest BCUT2D eigenvalue weighted by Gasteiger charge is -2.21. The highest BCUT2D eigenvalue weighted by Crippen LogP contribution is 2.22. The van der Waals surface area contributed by atoms with E-state index < -0.39 is 0 Å². The van der Waals surface area contributed by atoms with Crippen LogP contribution in [0.5, 0.6) is 0 Å². The van der Waals surface area contributed by atoms with E-state index in [4.69, 9.17) is 5.84 Å². The van der Waals surface area contributed by atoms with Crippen LogP contribution in [0.2, 0.25) is 0 Å². The fraction of sp³-hybridized carbons (Fsp3) is 0.636. The Balaban J connectivity index is 2.15. The van der Waals surface area contributed by atoms with Crippen LogP contribution in [0, 0.1) is 6.92 Å². The predicted octanol–water partition coefficient (Wildman–Crippen LogP) is 0.211. The van der Waals surface area contributed by atoms with Crippen LogP contribution in [-0.4, -0.2) is 48.1 Å². The highest BCUT2D eigenvalue weighted by Gasteiger charge is 2.25. The first-order chi connectivity index (χ1) is 8.10. The number of rotatable bonds is 3. The van der Waals surface area contributed by atoms with Crippen LogP contribution in [0.4, 0.5) is 11.6 Å². The summed E-state index contributed by atoms with van der Waals surface area (Å²) in [6.07, 6.45) is 1.17. The van der Waals surface area contributed by atoms with Crippen molar-refractivity contribution in [1.82, 2.24) is 14.9 Å². The van der Waals surface area contributed by atoms with Crippen molar-refractivity contribution in [3.8, 4) is 0 Å². The third kappa shape index (κ3) is 2.65. The lowest BCUT2D eigenvalue weighted by molar-refractivity contribution is 0.315. The summed E-state index contributed by atoms with van der Waals surface area (Å²) in [6, 6.07) is 2.49. The van der Waals surface area contributed by atoms with Crippen molar-refractivity contribution in [2.75, 3.05) is 37.5 Å². The van der Waals surface area contributed by atoms with Gasteiger partial charge in [0.2, 0.25) is 0 Å². The number of aromatic nitrogens is 2. The van der Waals surface area contributed by atoms with Gasteiger partial charge in [0.25, 0.3) is 0 Å². The summed E-state index contributed by atoms with van der Waals surface area (Å²) < 4.78 is 0. The lowest BCUT2D eigenvalue weighted by Crippen LogP contribution is -2.31. The number of anilines is 2. The van der Waals surface area contributed by atoms with Gasteiger partial charge in [0.1, 0.15) is 17.5 Å². The van der Waals surface area contributed by atoms with Gasteiger partial charge in [-0.1, -0.05) is 0 Å². The van der Waals surface area contributed by atoms with Gasteiger partial charge in [0, 0.05) is 25.2 Å². The third-order valence-electron chi connectivity index (χ3n) is 3.19. The Bertz CT molecular complexity index is 392. The molecule has 1 unspecified atom stereocenters. The van der Waals surface area contributed by atoms with Crippen LogP contribution in [-0.2, 0) is 0 Å². The molecule has 1 fully saturated rings. The molecule has 1 aliphatic heterocycles. The van der Waals surface area contributed by atoms with Gasteiger partial charge in [-0.25, -0.2) is 15.8 Å². The predicted molar refractivity (Wildman–Crippen MR) is 68.9 cm³/mol. The van der Waals surface area contributed by atoms with E-state index >= 15 is 0 Å². The SMILES string of the molecule is Cc1nc(NN)cc(N2CCC(N(C)C)C2)n1. The van der Waals surface area contributed by atoms with Crippen LogP contribution in [0.1, 0.15) is 12.2 Å². The van der Waals surface area contributed by atoms with Gasteiger partial charge < -0.3 is 15.2 Å². The monoisotopic (exact) mass is 236 g/mol. The first-order valence-electron chi connectivity index (χ1n) is 5.84. The summed E-state index contributed by atoms with van der Waals surface area (Å²) in [4.78, 5) is 13.2. The van der Waals surface area contributed by atoms with Crippen molar-refractivity contribution in [2.45, 2.75) is 19.4 Å². The van der Waals surface area contributed by atoms with Gasteiger partial charge in [-0.3, -0.25) is 0 Å². The van der Waals surface area contributed by atoms with E-state index in [9.17, 15) is 0 Å². The molecule has 2 heterocycles. The summed E-state index contributed by atoms with van der Waals surface area (Å²) in [6.45, 7) is 3.92. The molecule has 1 aromatic heterocycles. The standard InChI is InChI=1S/C11H20N6/c1-8-13-10(15-12)6-11(14-8)17-5-4-9(7-17)16(2)3/h6,9H,4-5,7,12H2,1-3H3,(H,13,14,15). The first kappa shape index (κ1) is 12.1. The molecule has 1 aromatic rings. The molecular formula is C11H20N6. The van der Waals surface area contributed by atoms with E-state index in [1.54, 1.807) is 0 Å². The fourth-order valence-electron chi connectivity index (χ4n) is 2.16. The summed E-state index contributed by atoms with van der Waals surface area (Å²) in [5.74, 6) is 7.76. The largest absolute Gasteiger partial charge is 0.355 e. The fourth-order valence-corrected chi connectivity index (χ4v) is 2.16. The molecule has 1 aliphatic rings. The molecule has 1 saturated heterocycles. The van der Waals surface area contributed by atoms with Crippen LogP contribution in [0.15, 0.2) is 6.07 Å². The zero-order chi connectivity index (χ0) is 12.4. The lowest BCUT2D eigenvalue weighted by atomic mass is 10.2. The number of aryl methyl sites for hydroxylation is 1. The molecule has 0 amide bonds. The minimum Gasteiger partial charge on any atom is -0.355 e. The van der Waals surface area contributed by atoms with Crippen molar-refractivity contribution in [3.63, 3.8) is 0 Å². The second-order valence-electron chi connectivity index (χ2n) is 4.66. The van der Waals surface area contributed by atoms with Crippen molar-refractivity contribution < 1.29 is 0 Å². The Morgan fingerprint density at radius 2 is 2.24 bits per heavy atom. The number of nitrogens with zero attached hydrogens (tertiary/aromatic N) is 4. The molecule has 2 rings (SSSR count). The molecular weight excluding hydrogens is 216 g/mol. The highest BCUT2D eigenvalue weighted by atomic mass is 15.3. The number of nitrogen functional groups attached to an aromatic ring is 1. The van der Waals surface area contributed by atoms with Gasteiger partial charge in [-0.05, 0) is 27.4 Å². The molecule has 0 aromatic carbocycles. The van der Waals surface area contributed by atoms with E-state index in [1.165, 1.54) is 6.42 Å². The Morgan fingerprint density at radius 1 is 1.47 bits per heavy atom. The second-order valence-corrected chi connectivity index (χ2v) is 4.66. The van der Waals surface area contributed by atoms with Crippen LogP contribution >= 0.6 is 0 Å². The maximum atomic E-state index is 5.39. The van der Waals surface area contributed by atoms with Gasteiger partial charge >= 0.3 is 0 Å². The van der Waals surface area contributed by atoms with Gasteiger partial charge in [-0.15, -0.1) is 0 Å². The number of hydrogen-bond donors (Lipinski definition) is 2. The maximum Gasteiger partial charge on any atom is 0.145 e. The number of hydrogen-bond acceptors (Lipinski definition) is 6. The van der Waals surface area contributed by atoms with Crippen LogP contribution in [0.25, 0.3) is 0 Å². The van der Waals surface area contributed by atoms with E-state index in [1.807, 2.05) is 13.0 Å². The summed E-state index contributed by atoms with van der Waals surface area (Å²) in [7, 11) is 4.23. The van der Waals surface area contributed by atoms with E-state index in [-0.39, 0.29) is 0 Å². The number of nitrogens with two attached hydrogens (primary N) is 1. The number of hydrazine groups is 1. The van der Waals surface area contributed by atoms with Crippen molar-refractivity contribution >= 4 is 11.6 Å². The zero-order valence-corrected chi connectivity index (χ0v) is 10.6. The quantitative estimate of drug-likeness (QED) is 0.577. The maximum absolute atomic E-state index is 5.39. The Labute approximate surface area is 102 Å². The summed E-state index contributed by atoms with van der Waals surface area (Å²) in [5.41, 5.74) is 2.58. The normalized spacial score (nSPS) is 20.1. The minimum atomic E-state index is 0.597. The van der Waals surface area contributed by atoms with Gasteiger partial charge in [0.05, 0.1) is 0 Å². The van der Waals surface area contributed by atoms with Gasteiger partial charge in [-0.2, -0.15) is 0 Å². The molecule has 0 radical (unpaired) electrons. The smallest absolute Gasteiger partial charge is 0.145 e. The summed E-state index contributed by atoms with van der Waals surface area (Å²) >= 11 is 0. The molecule has 6 nitrogen and oxygen atoms in total. The molecule has 1 atom stereocenters. The molecule has 0 aliphatic carbocycles. The molecule has 0 spiro atoms. The first-order valence-corrected chi connectivity index (χ1v) is 5.84. The number of likely N-dealkylation sites (N-methyl/N-ethyl adjacent to an activating group) is 1. The molecule has 3 N–H and O–H groups in total. The molecule has 17 heavy (non-hydrogen) atoms. The zero-order valence-electron chi connectivity index (χ0n) is 10.6. The Morgan fingerprint density at radius 3 is 2.82 bits per heavy atom. The second kappa shape index (κ2) is 4.85. The molecule has 0 bridgehead atoms. The Kier molecular flexibility index (Phi) is 3.44. The molecule has 94 valence electrons. The summed E-state index contributed by atoms with van der Waals surface area (Å²) in [5, 5.41) is 0. The minimum absolute atomic E-state index is 0.597. The topological polar surface area (TPSA) is 70.3 Å². The average molecular weight is 236 g/mol. The highest BCUT2D eigenvalue weighted by molar-refractivity contribution is 5.49. The van der Waals surface area contributed by atoms with Crippen molar-refractivity contribution in [1.29, 1.82) is 0 Å². The van der Waals surface area contributed by atoms with Gasteiger partial charge in [0.15, 0.2) is 0 Å². The van der Waals surface area contributed by atoms with Crippen molar-refractivity contribution in [3.05, 3.63) is 11.9 Å². The Hall–Kier alpha value is -1.40.